The first-order valence-corrected chi connectivity index (χ1v) is 8.73. The van der Waals surface area contributed by atoms with E-state index in [1.807, 2.05) is 6.07 Å². The number of nitrogens with zero attached hydrogens (tertiary/aromatic N) is 2. The quantitative estimate of drug-likeness (QED) is 0.312. The van der Waals surface area contributed by atoms with Gasteiger partial charge in [0.15, 0.2) is 5.96 Å². The van der Waals surface area contributed by atoms with E-state index >= 15 is 0 Å². The zero-order valence-electron chi connectivity index (χ0n) is 16.0. The third kappa shape index (κ3) is 7.63. The van der Waals surface area contributed by atoms with Crippen molar-refractivity contribution in [3.05, 3.63) is 47.3 Å². The Balaban J connectivity index is 0.00000338. The third-order valence-corrected chi connectivity index (χ3v) is 3.85. The number of aliphatic imine (C=N–C) groups is 1. The van der Waals surface area contributed by atoms with Crippen LogP contribution in [0.2, 0.25) is 0 Å². The van der Waals surface area contributed by atoms with Gasteiger partial charge in [-0.05, 0) is 37.0 Å². The number of aromatic amines is 1. The summed E-state index contributed by atoms with van der Waals surface area (Å²) in [5, 5.41) is 13.5. The van der Waals surface area contributed by atoms with Gasteiger partial charge >= 0.3 is 0 Å². The summed E-state index contributed by atoms with van der Waals surface area (Å²) in [5.41, 5.74) is 3.33. The van der Waals surface area contributed by atoms with Crippen molar-refractivity contribution in [3.8, 4) is 5.75 Å². The SMILES string of the molecule is CN=C(NCc1ccn[nH]1)NCc1ccc(C)cc1OCCC(C)C.I. The van der Waals surface area contributed by atoms with Gasteiger partial charge in [0.2, 0.25) is 0 Å². The van der Waals surface area contributed by atoms with Crippen LogP contribution >= 0.6 is 24.0 Å². The van der Waals surface area contributed by atoms with Crippen LogP contribution in [0, 0.1) is 12.8 Å². The molecule has 0 bridgehead atoms. The third-order valence-electron chi connectivity index (χ3n) is 3.85. The Morgan fingerprint density at radius 2 is 2.00 bits per heavy atom. The summed E-state index contributed by atoms with van der Waals surface area (Å²) in [4.78, 5) is 4.25. The van der Waals surface area contributed by atoms with E-state index in [9.17, 15) is 0 Å². The number of rotatable bonds is 8. The molecule has 3 N–H and O–H groups in total. The minimum absolute atomic E-state index is 0. The molecular formula is C19H30IN5O. The number of nitrogens with one attached hydrogen (secondary N) is 3. The Morgan fingerprint density at radius 1 is 1.23 bits per heavy atom. The van der Waals surface area contributed by atoms with Gasteiger partial charge in [0.25, 0.3) is 0 Å². The van der Waals surface area contributed by atoms with Crippen LogP contribution in [-0.4, -0.2) is 29.8 Å². The van der Waals surface area contributed by atoms with Crippen molar-refractivity contribution in [2.45, 2.75) is 40.3 Å². The van der Waals surface area contributed by atoms with E-state index in [2.05, 4.69) is 64.8 Å². The van der Waals surface area contributed by atoms with E-state index in [0.717, 1.165) is 36.0 Å². The predicted molar refractivity (Wildman–Crippen MR) is 117 cm³/mol. The molecule has 1 heterocycles. The summed E-state index contributed by atoms with van der Waals surface area (Å²) in [6.45, 7) is 8.53. The van der Waals surface area contributed by atoms with Crippen LogP contribution in [0.4, 0.5) is 0 Å². The van der Waals surface area contributed by atoms with E-state index in [1.165, 1.54) is 5.56 Å². The first-order chi connectivity index (χ1) is 12.1. The highest BCUT2D eigenvalue weighted by molar-refractivity contribution is 14.0. The highest BCUT2D eigenvalue weighted by atomic mass is 127. The second-order valence-corrected chi connectivity index (χ2v) is 6.50. The molecule has 0 unspecified atom stereocenters. The standard InChI is InChI=1S/C19H29N5O.HI/c1-14(2)8-10-25-18-11-15(3)5-6-16(18)12-21-19(20-4)22-13-17-7-9-23-24-17;/h5-7,9,11,14H,8,10,12-13H2,1-4H3,(H,23,24)(H2,20,21,22);1H. The zero-order chi connectivity index (χ0) is 18.1. The van der Waals surface area contributed by atoms with Crippen molar-refractivity contribution >= 4 is 29.9 Å². The molecule has 0 atom stereocenters. The van der Waals surface area contributed by atoms with Gasteiger partial charge in [0.05, 0.1) is 18.8 Å². The van der Waals surface area contributed by atoms with Crippen molar-refractivity contribution in [1.29, 1.82) is 0 Å². The van der Waals surface area contributed by atoms with Crippen LogP contribution in [0.15, 0.2) is 35.5 Å². The van der Waals surface area contributed by atoms with Crippen LogP contribution in [0.3, 0.4) is 0 Å². The van der Waals surface area contributed by atoms with E-state index in [-0.39, 0.29) is 24.0 Å². The monoisotopic (exact) mass is 471 g/mol. The predicted octanol–water partition coefficient (Wildman–Crippen LogP) is 3.63. The summed E-state index contributed by atoms with van der Waals surface area (Å²) in [5.74, 6) is 2.32. The number of benzene rings is 1. The van der Waals surface area contributed by atoms with E-state index < -0.39 is 0 Å². The van der Waals surface area contributed by atoms with Crippen LogP contribution in [0.5, 0.6) is 5.75 Å². The van der Waals surface area contributed by atoms with Crippen molar-refractivity contribution in [2.75, 3.05) is 13.7 Å². The average Bonchev–Trinajstić information content (AvgIpc) is 3.09. The molecule has 0 fully saturated rings. The molecule has 0 radical (unpaired) electrons. The molecule has 0 amide bonds. The van der Waals surface area contributed by atoms with Gasteiger partial charge in [0.1, 0.15) is 5.75 Å². The van der Waals surface area contributed by atoms with Crippen molar-refractivity contribution in [1.82, 2.24) is 20.8 Å². The van der Waals surface area contributed by atoms with Gasteiger partial charge in [-0.3, -0.25) is 10.1 Å². The number of hydrogen-bond acceptors (Lipinski definition) is 3. The molecule has 144 valence electrons. The number of aryl methyl sites for hydroxylation is 1. The molecule has 6 nitrogen and oxygen atoms in total. The average molecular weight is 471 g/mol. The number of hydrogen-bond donors (Lipinski definition) is 3. The molecule has 2 aromatic rings. The van der Waals surface area contributed by atoms with Crippen molar-refractivity contribution in [3.63, 3.8) is 0 Å². The Kier molecular flexibility index (Phi) is 10.1. The molecular weight excluding hydrogens is 441 g/mol. The minimum Gasteiger partial charge on any atom is -0.493 e. The highest BCUT2D eigenvalue weighted by Gasteiger charge is 2.07. The smallest absolute Gasteiger partial charge is 0.191 e. The van der Waals surface area contributed by atoms with Gasteiger partial charge < -0.3 is 15.4 Å². The first-order valence-electron chi connectivity index (χ1n) is 8.73. The van der Waals surface area contributed by atoms with Gasteiger partial charge in [-0.25, -0.2) is 0 Å². The molecule has 0 spiro atoms. The Hall–Kier alpha value is -1.77. The van der Waals surface area contributed by atoms with Crippen LogP contribution < -0.4 is 15.4 Å². The molecule has 0 saturated heterocycles. The molecule has 1 aromatic heterocycles. The van der Waals surface area contributed by atoms with Crippen LogP contribution in [0.1, 0.15) is 37.1 Å². The highest BCUT2D eigenvalue weighted by Crippen LogP contribution is 2.21. The number of ether oxygens (including phenoxy) is 1. The fourth-order valence-corrected chi connectivity index (χ4v) is 2.31. The molecule has 7 heteroatoms. The lowest BCUT2D eigenvalue weighted by molar-refractivity contribution is 0.286. The van der Waals surface area contributed by atoms with E-state index in [4.69, 9.17) is 4.74 Å². The summed E-state index contributed by atoms with van der Waals surface area (Å²) < 4.78 is 6.00. The largest absolute Gasteiger partial charge is 0.493 e. The lowest BCUT2D eigenvalue weighted by atomic mass is 10.1. The first kappa shape index (κ1) is 22.3. The van der Waals surface area contributed by atoms with E-state index in [0.29, 0.717) is 19.0 Å². The maximum absolute atomic E-state index is 6.00. The summed E-state index contributed by atoms with van der Waals surface area (Å²) in [6, 6.07) is 8.24. The van der Waals surface area contributed by atoms with Crippen LogP contribution in [0.25, 0.3) is 0 Å². The summed E-state index contributed by atoms with van der Waals surface area (Å²) in [7, 11) is 1.76. The number of halogens is 1. The minimum atomic E-state index is 0. The fraction of sp³-hybridized carbons (Fsp3) is 0.474. The van der Waals surface area contributed by atoms with Crippen LogP contribution in [-0.2, 0) is 13.1 Å². The summed E-state index contributed by atoms with van der Waals surface area (Å²) in [6.07, 6.45) is 2.79. The topological polar surface area (TPSA) is 74.3 Å². The molecule has 0 aliphatic rings. The lowest BCUT2D eigenvalue weighted by Crippen LogP contribution is -2.36. The zero-order valence-corrected chi connectivity index (χ0v) is 18.3. The fourth-order valence-electron chi connectivity index (χ4n) is 2.31. The normalized spacial score (nSPS) is 11.2. The molecule has 0 aliphatic carbocycles. The molecule has 0 aliphatic heterocycles. The molecule has 2 rings (SSSR count). The molecule has 1 aromatic carbocycles. The van der Waals surface area contributed by atoms with Crippen molar-refractivity contribution < 1.29 is 4.74 Å². The number of guanidine groups is 1. The second kappa shape index (κ2) is 11.8. The second-order valence-electron chi connectivity index (χ2n) is 6.50. The molecule has 26 heavy (non-hydrogen) atoms. The maximum atomic E-state index is 6.00. The van der Waals surface area contributed by atoms with E-state index in [1.54, 1.807) is 13.2 Å². The Labute approximate surface area is 173 Å². The maximum Gasteiger partial charge on any atom is 0.191 e. The Bertz CT molecular complexity index is 671. The summed E-state index contributed by atoms with van der Waals surface area (Å²) >= 11 is 0. The lowest BCUT2D eigenvalue weighted by Gasteiger charge is -2.16. The van der Waals surface area contributed by atoms with Gasteiger partial charge in [0, 0.05) is 25.4 Å². The number of H-pyrrole nitrogens is 1. The van der Waals surface area contributed by atoms with Gasteiger partial charge in [-0.1, -0.05) is 26.0 Å². The van der Waals surface area contributed by atoms with Crippen molar-refractivity contribution in [2.24, 2.45) is 10.9 Å². The Morgan fingerprint density at radius 3 is 2.65 bits per heavy atom. The number of aromatic nitrogens is 2. The van der Waals surface area contributed by atoms with Gasteiger partial charge in [-0.15, -0.1) is 24.0 Å². The van der Waals surface area contributed by atoms with Gasteiger partial charge in [-0.2, -0.15) is 5.10 Å². The molecule has 0 saturated carbocycles.